The lowest BCUT2D eigenvalue weighted by Gasteiger charge is -2.36. The number of rotatable bonds is 3. The summed E-state index contributed by atoms with van der Waals surface area (Å²) in [6, 6.07) is 6.49. The second kappa shape index (κ2) is 18.4. The molecule has 306 valence electrons. The van der Waals surface area contributed by atoms with Gasteiger partial charge in [-0.1, -0.05) is 7.43 Å². The second-order valence-electron chi connectivity index (χ2n) is 14.4. The third kappa shape index (κ3) is 13.2. The van der Waals surface area contributed by atoms with Crippen LogP contribution < -0.4 is 9.08 Å². The van der Waals surface area contributed by atoms with E-state index in [4.69, 9.17) is 9.47 Å². The number of alkyl halides is 3. The number of amides is 2. The number of fused-ring (bicyclic) bond motifs is 2. The highest BCUT2D eigenvalue weighted by Gasteiger charge is 2.48. The molecule has 14 nitrogen and oxygen atoms in total. The van der Waals surface area contributed by atoms with Crippen LogP contribution in [0, 0.1) is 0 Å². The molecule has 0 aromatic carbocycles. The van der Waals surface area contributed by atoms with Gasteiger partial charge in [0.1, 0.15) is 16.7 Å². The summed E-state index contributed by atoms with van der Waals surface area (Å²) in [7, 11) is -5.69. The molecule has 4 aromatic heterocycles. The van der Waals surface area contributed by atoms with Gasteiger partial charge in [-0.3, -0.25) is 0 Å². The monoisotopic (exact) mass is 925 g/mol. The summed E-state index contributed by atoms with van der Waals surface area (Å²) >= 11 is 6.58. The van der Waals surface area contributed by atoms with Gasteiger partial charge in [0.25, 0.3) is 0 Å². The molecule has 4 aromatic rings. The molecule has 2 saturated heterocycles. The molecule has 0 radical (unpaired) electrons. The van der Waals surface area contributed by atoms with Gasteiger partial charge in [-0.15, -0.1) is 0 Å². The van der Waals surface area contributed by atoms with Gasteiger partial charge in [0, 0.05) is 72.9 Å². The standard InChI is InChI=1S/C16H21BrN4O2.C10H19NO2.C8H4BrF3N2O3S.CH4/c1-16(2,3)23-15(22)20-8-6-19(7-9-20)13-4-5-18-21-11-12(17)10-14(13)21;1-10(2,3)13-9(12)11-7-5-4-6-8-11;9-5-3-6-7(1-2-13-14(6)4-5)17-18(15,16)8(10,11)12;/h4-5,10-11H,6-9H2,1-3H3;4-8H2,1-3H3;1-4H;1H4. The van der Waals surface area contributed by atoms with Crippen molar-refractivity contribution in [2.24, 2.45) is 0 Å². The largest absolute Gasteiger partial charge is 0.534 e. The summed E-state index contributed by atoms with van der Waals surface area (Å²) in [5, 5.41) is 8.10. The van der Waals surface area contributed by atoms with E-state index in [1.165, 1.54) is 23.2 Å². The predicted molar refractivity (Wildman–Crippen MR) is 210 cm³/mol. The lowest BCUT2D eigenvalue weighted by molar-refractivity contribution is -0.0499. The molecule has 20 heteroatoms. The third-order valence-corrected chi connectivity index (χ3v) is 9.49. The highest BCUT2D eigenvalue weighted by molar-refractivity contribution is 9.10. The van der Waals surface area contributed by atoms with Crippen LogP contribution >= 0.6 is 31.9 Å². The normalized spacial score (nSPS) is 15.3. The van der Waals surface area contributed by atoms with Crippen molar-refractivity contribution in [1.82, 2.24) is 29.0 Å². The Hall–Kier alpha value is -3.78. The number of halogens is 5. The summed E-state index contributed by atoms with van der Waals surface area (Å²) in [6.45, 7) is 15.9. The molecule has 2 amide bonds. The SMILES string of the molecule is C.CC(C)(C)OC(=O)N1CCCCC1.CC(C)(C)OC(=O)N1CCN(c2ccnn3cc(Br)cc23)CC1.O=S(=O)(Oc1ccnn2cc(Br)cc12)C(F)(F)F. The topological polar surface area (TPSA) is 140 Å². The molecule has 0 spiro atoms. The van der Waals surface area contributed by atoms with Gasteiger partial charge < -0.3 is 28.4 Å². The molecule has 0 unspecified atom stereocenters. The van der Waals surface area contributed by atoms with Gasteiger partial charge in [-0.2, -0.15) is 31.8 Å². The Morgan fingerprint density at radius 1 is 0.709 bits per heavy atom. The van der Waals surface area contributed by atoms with Crippen LogP contribution in [0.15, 0.2) is 58.0 Å². The van der Waals surface area contributed by atoms with Gasteiger partial charge in [0.2, 0.25) is 0 Å². The average Bonchev–Trinajstić information content (AvgIpc) is 3.65. The Labute approximate surface area is 336 Å². The lowest BCUT2D eigenvalue weighted by atomic mass is 10.1. The molecule has 2 aliphatic rings. The van der Waals surface area contributed by atoms with E-state index in [9.17, 15) is 31.2 Å². The number of carbonyl (C=O) groups is 2. The van der Waals surface area contributed by atoms with Crippen molar-refractivity contribution in [1.29, 1.82) is 0 Å². The number of hydrogen-bond donors (Lipinski definition) is 0. The van der Waals surface area contributed by atoms with Crippen molar-refractivity contribution in [3.05, 3.63) is 58.0 Å². The summed E-state index contributed by atoms with van der Waals surface area (Å²) in [5.74, 6) is -0.451. The minimum absolute atomic E-state index is 0. The van der Waals surface area contributed by atoms with Crippen molar-refractivity contribution in [2.75, 3.05) is 44.2 Å². The summed E-state index contributed by atoms with van der Waals surface area (Å²) in [5.41, 5.74) is -4.01. The molecule has 0 saturated carbocycles. The van der Waals surface area contributed by atoms with Crippen LogP contribution in [0.4, 0.5) is 28.4 Å². The first kappa shape index (κ1) is 45.6. The number of carbonyl (C=O) groups excluding carboxylic acids is 2. The number of likely N-dealkylation sites (tertiary alicyclic amines) is 1. The maximum absolute atomic E-state index is 12.2. The molecule has 2 fully saturated rings. The fraction of sp³-hybridized carbons (Fsp3) is 0.543. The quantitative estimate of drug-likeness (QED) is 0.145. The Kier molecular flexibility index (Phi) is 15.3. The van der Waals surface area contributed by atoms with Crippen LogP contribution in [0.3, 0.4) is 0 Å². The molecule has 6 heterocycles. The van der Waals surface area contributed by atoms with Gasteiger partial charge >= 0.3 is 27.8 Å². The zero-order valence-electron chi connectivity index (χ0n) is 30.8. The fourth-order valence-electron chi connectivity index (χ4n) is 5.29. The first-order chi connectivity index (χ1) is 25.0. The first-order valence-electron chi connectivity index (χ1n) is 17.0. The Balaban J connectivity index is 0.000000229. The first-order valence-corrected chi connectivity index (χ1v) is 20.0. The van der Waals surface area contributed by atoms with Gasteiger partial charge in [-0.05, 0) is 111 Å². The van der Waals surface area contributed by atoms with E-state index in [1.807, 2.05) is 58.3 Å². The van der Waals surface area contributed by atoms with E-state index in [2.05, 4.69) is 57.2 Å². The zero-order valence-corrected chi connectivity index (χ0v) is 34.8. The van der Waals surface area contributed by atoms with Gasteiger partial charge in [0.05, 0.1) is 17.4 Å². The third-order valence-electron chi connectivity index (χ3n) is 7.65. The maximum atomic E-state index is 12.2. The summed E-state index contributed by atoms with van der Waals surface area (Å²) in [6.07, 6.45) is 9.38. The van der Waals surface area contributed by atoms with Crippen molar-refractivity contribution in [3.8, 4) is 5.75 Å². The van der Waals surface area contributed by atoms with E-state index in [0.29, 0.717) is 17.6 Å². The fourth-order valence-corrected chi connectivity index (χ4v) is 6.58. The van der Waals surface area contributed by atoms with Crippen LogP contribution in [0.5, 0.6) is 5.75 Å². The second-order valence-corrected chi connectivity index (χ2v) is 17.7. The van der Waals surface area contributed by atoms with Crippen LogP contribution in [0.2, 0.25) is 0 Å². The van der Waals surface area contributed by atoms with E-state index < -0.39 is 27.0 Å². The lowest BCUT2D eigenvalue weighted by Crippen LogP contribution is -2.50. The molecular formula is C35H48Br2F3N7O7S. The number of nitrogens with zero attached hydrogens (tertiary/aromatic N) is 7. The number of anilines is 1. The number of piperidine rings is 1. The highest BCUT2D eigenvalue weighted by atomic mass is 79.9. The minimum atomic E-state index is -5.69. The zero-order chi connectivity index (χ0) is 40.1. The Morgan fingerprint density at radius 3 is 1.65 bits per heavy atom. The number of ether oxygens (including phenoxy) is 2. The molecule has 2 aliphatic heterocycles. The Morgan fingerprint density at radius 2 is 1.16 bits per heavy atom. The smallest absolute Gasteiger partial charge is 0.444 e. The van der Waals surface area contributed by atoms with Crippen LogP contribution in [-0.2, 0) is 19.6 Å². The molecule has 0 bridgehead atoms. The van der Waals surface area contributed by atoms with E-state index in [-0.39, 0.29) is 30.7 Å². The molecule has 55 heavy (non-hydrogen) atoms. The number of piperazine rings is 1. The average molecular weight is 928 g/mol. The van der Waals surface area contributed by atoms with Crippen molar-refractivity contribution < 1.29 is 44.8 Å². The predicted octanol–water partition coefficient (Wildman–Crippen LogP) is 8.52. The Bertz CT molecular complexity index is 2020. The van der Waals surface area contributed by atoms with Crippen molar-refractivity contribution in [3.63, 3.8) is 0 Å². The van der Waals surface area contributed by atoms with Crippen molar-refractivity contribution in [2.45, 2.75) is 84.9 Å². The summed E-state index contributed by atoms with van der Waals surface area (Å²) < 4.78 is 77.6. The number of hydrogen-bond acceptors (Lipinski definition) is 10. The summed E-state index contributed by atoms with van der Waals surface area (Å²) in [4.78, 5) is 29.5. The molecular weight excluding hydrogens is 879 g/mol. The number of aromatic nitrogens is 4. The van der Waals surface area contributed by atoms with Gasteiger partial charge in [0.15, 0.2) is 5.75 Å². The molecule has 0 atom stereocenters. The highest BCUT2D eigenvalue weighted by Crippen LogP contribution is 2.31. The van der Waals surface area contributed by atoms with E-state index in [1.54, 1.807) is 16.0 Å². The van der Waals surface area contributed by atoms with E-state index >= 15 is 0 Å². The maximum Gasteiger partial charge on any atom is 0.534 e. The minimum Gasteiger partial charge on any atom is -0.444 e. The molecule has 0 aliphatic carbocycles. The van der Waals surface area contributed by atoms with Crippen LogP contribution in [-0.4, -0.2) is 106 Å². The molecule has 0 N–H and O–H groups in total. The van der Waals surface area contributed by atoms with Gasteiger partial charge in [-0.25, -0.2) is 18.6 Å². The van der Waals surface area contributed by atoms with Crippen LogP contribution in [0.25, 0.3) is 11.0 Å². The van der Waals surface area contributed by atoms with Crippen LogP contribution in [0.1, 0.15) is 68.2 Å². The van der Waals surface area contributed by atoms with E-state index in [0.717, 1.165) is 67.0 Å². The molecule has 6 rings (SSSR count). The van der Waals surface area contributed by atoms with Crippen molar-refractivity contribution >= 4 is 70.9 Å².